The van der Waals surface area contributed by atoms with Gasteiger partial charge in [-0.1, -0.05) is 30.3 Å². The number of piperidine rings is 1. The Morgan fingerprint density at radius 2 is 1.83 bits per heavy atom. The number of sulfonamides is 1. The predicted molar refractivity (Wildman–Crippen MR) is 72.7 cm³/mol. The molecule has 1 fully saturated rings. The fourth-order valence-corrected chi connectivity index (χ4v) is 3.77. The highest BCUT2D eigenvalue weighted by atomic mass is 32.2. The molecule has 1 aliphatic rings. The monoisotopic (exact) mass is 268 g/mol. The quantitative estimate of drug-likeness (QED) is 0.892. The molecule has 1 N–H and O–H groups in total. The summed E-state index contributed by atoms with van der Waals surface area (Å²) in [6.07, 6.45) is 1.79. The molecule has 0 amide bonds. The van der Waals surface area contributed by atoms with Crippen molar-refractivity contribution >= 4 is 10.0 Å². The summed E-state index contributed by atoms with van der Waals surface area (Å²) in [6.45, 7) is 1.80. The van der Waals surface area contributed by atoms with Crippen molar-refractivity contribution in [2.45, 2.75) is 24.6 Å². The van der Waals surface area contributed by atoms with E-state index < -0.39 is 10.0 Å². The van der Waals surface area contributed by atoms with Crippen LogP contribution in [0.15, 0.2) is 30.3 Å². The van der Waals surface area contributed by atoms with Crippen molar-refractivity contribution in [1.82, 2.24) is 9.62 Å². The zero-order chi connectivity index (χ0) is 13.0. The van der Waals surface area contributed by atoms with Crippen LogP contribution < -0.4 is 5.32 Å². The highest BCUT2D eigenvalue weighted by molar-refractivity contribution is 7.88. The predicted octanol–water partition coefficient (Wildman–Crippen LogP) is 1.20. The molecule has 0 radical (unpaired) electrons. The zero-order valence-corrected chi connectivity index (χ0v) is 11.5. The first-order valence-electron chi connectivity index (χ1n) is 6.30. The van der Waals surface area contributed by atoms with Crippen molar-refractivity contribution in [3.63, 3.8) is 0 Å². The fourth-order valence-electron chi connectivity index (χ4n) is 2.28. The smallest absolute Gasteiger partial charge is 0.218 e. The Labute approximate surface area is 109 Å². The molecule has 0 aliphatic carbocycles. The van der Waals surface area contributed by atoms with Crippen LogP contribution in [0, 0.1) is 0 Å². The average Bonchev–Trinajstić information content (AvgIpc) is 2.39. The molecule has 1 heterocycles. The molecule has 2 rings (SSSR count). The molecule has 4 nitrogen and oxygen atoms in total. The molecule has 1 saturated heterocycles. The molecule has 1 aromatic rings. The standard InChI is InChI=1S/C13H20N2O2S/c1-15(13-7-9-14-10-8-13)18(16,17)11-12-5-3-2-4-6-12/h2-6,13-14H,7-11H2,1H3. The summed E-state index contributed by atoms with van der Waals surface area (Å²) >= 11 is 0. The van der Waals surface area contributed by atoms with Gasteiger partial charge < -0.3 is 5.32 Å². The van der Waals surface area contributed by atoms with Gasteiger partial charge in [-0.2, -0.15) is 0 Å². The molecule has 1 aliphatic heterocycles. The lowest BCUT2D eigenvalue weighted by Gasteiger charge is -2.30. The van der Waals surface area contributed by atoms with E-state index >= 15 is 0 Å². The van der Waals surface area contributed by atoms with Crippen molar-refractivity contribution in [3.8, 4) is 0 Å². The van der Waals surface area contributed by atoms with E-state index in [0.29, 0.717) is 0 Å². The molecule has 0 aromatic heterocycles. The van der Waals surface area contributed by atoms with Crippen LogP contribution in [0.1, 0.15) is 18.4 Å². The molecule has 0 atom stereocenters. The largest absolute Gasteiger partial charge is 0.317 e. The van der Waals surface area contributed by atoms with Gasteiger partial charge in [0.1, 0.15) is 0 Å². The lowest BCUT2D eigenvalue weighted by atomic mass is 10.1. The lowest BCUT2D eigenvalue weighted by molar-refractivity contribution is 0.296. The van der Waals surface area contributed by atoms with Gasteiger partial charge in [-0.15, -0.1) is 0 Å². The third-order valence-corrected chi connectivity index (χ3v) is 5.33. The Morgan fingerprint density at radius 1 is 1.22 bits per heavy atom. The van der Waals surface area contributed by atoms with Gasteiger partial charge in [0, 0.05) is 13.1 Å². The van der Waals surface area contributed by atoms with Crippen molar-refractivity contribution in [2.75, 3.05) is 20.1 Å². The topological polar surface area (TPSA) is 49.4 Å². The van der Waals surface area contributed by atoms with Gasteiger partial charge in [-0.05, 0) is 31.5 Å². The molecule has 5 heteroatoms. The summed E-state index contributed by atoms with van der Waals surface area (Å²) in [7, 11) is -1.50. The second-order valence-corrected chi connectivity index (χ2v) is 6.77. The number of hydrogen-bond acceptors (Lipinski definition) is 3. The molecular weight excluding hydrogens is 248 g/mol. The number of rotatable bonds is 4. The van der Waals surface area contributed by atoms with E-state index in [0.717, 1.165) is 31.5 Å². The zero-order valence-electron chi connectivity index (χ0n) is 10.7. The van der Waals surface area contributed by atoms with Crippen LogP contribution in [0.2, 0.25) is 0 Å². The Kier molecular flexibility index (Phi) is 4.37. The molecule has 1 aromatic carbocycles. The van der Waals surface area contributed by atoms with E-state index in [-0.39, 0.29) is 11.8 Å². The Bertz CT molecular complexity index is 467. The van der Waals surface area contributed by atoms with Crippen LogP contribution in [0.3, 0.4) is 0 Å². The minimum absolute atomic E-state index is 0.0915. The minimum Gasteiger partial charge on any atom is -0.317 e. The number of nitrogens with zero attached hydrogens (tertiary/aromatic N) is 1. The summed E-state index contributed by atoms with van der Waals surface area (Å²) in [5, 5.41) is 3.25. The molecular formula is C13H20N2O2S. The molecule has 0 bridgehead atoms. The van der Waals surface area contributed by atoms with Gasteiger partial charge in [0.05, 0.1) is 5.75 Å². The maximum atomic E-state index is 12.3. The van der Waals surface area contributed by atoms with Crippen molar-refractivity contribution in [3.05, 3.63) is 35.9 Å². The van der Waals surface area contributed by atoms with Crippen LogP contribution in [0.5, 0.6) is 0 Å². The SMILES string of the molecule is CN(C1CCNCC1)S(=O)(=O)Cc1ccccc1. The first-order chi connectivity index (χ1) is 8.59. The summed E-state index contributed by atoms with van der Waals surface area (Å²) < 4.78 is 26.2. The van der Waals surface area contributed by atoms with Gasteiger partial charge in [0.15, 0.2) is 0 Å². The maximum Gasteiger partial charge on any atom is 0.218 e. The summed E-state index contributed by atoms with van der Waals surface area (Å²) in [5.74, 6) is 0.0915. The summed E-state index contributed by atoms with van der Waals surface area (Å²) in [4.78, 5) is 0. The Balaban J connectivity index is 2.05. The van der Waals surface area contributed by atoms with E-state index in [1.165, 1.54) is 0 Å². The molecule has 18 heavy (non-hydrogen) atoms. The van der Waals surface area contributed by atoms with Crippen LogP contribution in [0.25, 0.3) is 0 Å². The van der Waals surface area contributed by atoms with E-state index in [1.54, 1.807) is 11.4 Å². The van der Waals surface area contributed by atoms with Crippen LogP contribution in [0.4, 0.5) is 0 Å². The number of benzene rings is 1. The summed E-state index contributed by atoms with van der Waals surface area (Å²) in [6, 6.07) is 9.49. The van der Waals surface area contributed by atoms with E-state index in [2.05, 4.69) is 5.32 Å². The van der Waals surface area contributed by atoms with E-state index in [4.69, 9.17) is 0 Å². The van der Waals surface area contributed by atoms with Gasteiger partial charge >= 0.3 is 0 Å². The third kappa shape index (κ3) is 3.31. The van der Waals surface area contributed by atoms with Gasteiger partial charge in [0.25, 0.3) is 0 Å². The first-order valence-corrected chi connectivity index (χ1v) is 7.91. The van der Waals surface area contributed by atoms with Crippen LogP contribution in [-0.4, -0.2) is 38.9 Å². The normalized spacial score (nSPS) is 18.1. The van der Waals surface area contributed by atoms with Crippen molar-refractivity contribution < 1.29 is 8.42 Å². The van der Waals surface area contributed by atoms with E-state index in [9.17, 15) is 8.42 Å². The maximum absolute atomic E-state index is 12.3. The number of nitrogens with one attached hydrogen (secondary N) is 1. The minimum atomic E-state index is -3.21. The van der Waals surface area contributed by atoms with Gasteiger partial charge in [0.2, 0.25) is 10.0 Å². The molecule has 0 unspecified atom stereocenters. The molecule has 0 spiro atoms. The highest BCUT2D eigenvalue weighted by Crippen LogP contribution is 2.17. The van der Waals surface area contributed by atoms with Gasteiger partial charge in [-0.3, -0.25) is 0 Å². The van der Waals surface area contributed by atoms with Crippen LogP contribution >= 0.6 is 0 Å². The number of hydrogen-bond donors (Lipinski definition) is 1. The summed E-state index contributed by atoms with van der Waals surface area (Å²) in [5.41, 5.74) is 0.846. The average molecular weight is 268 g/mol. The Hall–Kier alpha value is -0.910. The second kappa shape index (κ2) is 5.82. The molecule has 0 saturated carbocycles. The van der Waals surface area contributed by atoms with Crippen molar-refractivity contribution in [1.29, 1.82) is 0 Å². The van der Waals surface area contributed by atoms with Gasteiger partial charge in [-0.25, -0.2) is 12.7 Å². The van der Waals surface area contributed by atoms with Crippen LogP contribution in [-0.2, 0) is 15.8 Å². The third-order valence-electron chi connectivity index (χ3n) is 3.45. The second-order valence-electron chi connectivity index (χ2n) is 4.74. The lowest BCUT2D eigenvalue weighted by Crippen LogP contribution is -2.44. The highest BCUT2D eigenvalue weighted by Gasteiger charge is 2.27. The fraction of sp³-hybridized carbons (Fsp3) is 0.538. The van der Waals surface area contributed by atoms with Crippen molar-refractivity contribution in [2.24, 2.45) is 0 Å². The van der Waals surface area contributed by atoms with E-state index in [1.807, 2.05) is 30.3 Å². The first kappa shape index (κ1) is 13.5. The molecule has 100 valence electrons. The Morgan fingerprint density at radius 3 is 2.44 bits per heavy atom.